The molecule has 2 aliphatic heterocycles. The molecule has 4 rings (SSSR count). The van der Waals surface area contributed by atoms with Crippen molar-refractivity contribution in [1.82, 2.24) is 4.90 Å². The third-order valence-electron chi connectivity index (χ3n) is 6.96. The number of nitrogens with zero attached hydrogens (tertiary/aromatic N) is 3. The van der Waals surface area contributed by atoms with E-state index >= 15 is 0 Å². The van der Waals surface area contributed by atoms with Crippen LogP contribution in [0.1, 0.15) is 50.7 Å². The SMILES string of the molecule is CCCCN(CCCC)c1ccc(C=C2/C(=C3\N=C(N)N(C(C(=O)O)C(=O)O)C3=O)c3ccccc3S2(=O)=O)cc1. The van der Waals surface area contributed by atoms with Gasteiger partial charge in [0.1, 0.15) is 5.70 Å². The van der Waals surface area contributed by atoms with E-state index in [-0.39, 0.29) is 20.9 Å². The van der Waals surface area contributed by atoms with Crippen LogP contribution in [0.15, 0.2) is 69.0 Å². The molecule has 0 saturated carbocycles. The van der Waals surface area contributed by atoms with E-state index in [1.165, 1.54) is 18.2 Å². The van der Waals surface area contributed by atoms with Crippen molar-refractivity contribution < 1.29 is 33.0 Å². The van der Waals surface area contributed by atoms with Gasteiger partial charge in [-0.05, 0) is 42.7 Å². The van der Waals surface area contributed by atoms with E-state index in [9.17, 15) is 33.0 Å². The number of aliphatic carboxylic acids is 2. The molecule has 0 bridgehead atoms. The minimum absolute atomic E-state index is 0.0521. The van der Waals surface area contributed by atoms with Crippen LogP contribution in [0.5, 0.6) is 0 Å². The predicted octanol–water partition coefficient (Wildman–Crippen LogP) is 3.33. The number of carboxylic acids is 2. The molecule has 0 spiro atoms. The number of nitrogens with two attached hydrogens (primary N) is 1. The maximum atomic E-state index is 13.7. The maximum Gasteiger partial charge on any atom is 0.338 e. The van der Waals surface area contributed by atoms with Crippen molar-refractivity contribution in [2.45, 2.75) is 50.5 Å². The highest BCUT2D eigenvalue weighted by Crippen LogP contribution is 2.46. The number of aliphatic imine (C=N–C) groups is 1. The van der Waals surface area contributed by atoms with Crippen LogP contribution in [0.4, 0.5) is 5.69 Å². The van der Waals surface area contributed by atoms with Gasteiger partial charge in [-0.3, -0.25) is 9.69 Å². The number of fused-ring (bicyclic) bond motifs is 1. The molecule has 0 aromatic heterocycles. The first-order valence-electron chi connectivity index (χ1n) is 13.3. The number of carbonyl (C=O) groups excluding carboxylic acids is 1. The van der Waals surface area contributed by atoms with Gasteiger partial charge in [-0.2, -0.15) is 0 Å². The summed E-state index contributed by atoms with van der Waals surface area (Å²) in [7, 11) is -4.11. The Labute approximate surface area is 238 Å². The number of rotatable bonds is 11. The molecule has 0 saturated heterocycles. The average molecular weight is 581 g/mol. The highest BCUT2D eigenvalue weighted by atomic mass is 32.2. The van der Waals surface area contributed by atoms with Crippen LogP contribution in [0, 0.1) is 0 Å². The molecule has 0 atom stereocenters. The summed E-state index contributed by atoms with van der Waals surface area (Å²) in [5.74, 6) is -5.42. The molecule has 0 fully saturated rings. The van der Waals surface area contributed by atoms with Crippen molar-refractivity contribution >= 4 is 51.0 Å². The Morgan fingerprint density at radius 2 is 1.59 bits per heavy atom. The average Bonchev–Trinajstić information content (AvgIpc) is 3.33. The van der Waals surface area contributed by atoms with Crippen LogP contribution in [-0.2, 0) is 24.2 Å². The summed E-state index contributed by atoms with van der Waals surface area (Å²) in [6, 6.07) is 11.1. The van der Waals surface area contributed by atoms with Gasteiger partial charge in [-0.1, -0.05) is 57.0 Å². The van der Waals surface area contributed by atoms with E-state index in [1.807, 2.05) is 12.1 Å². The minimum atomic E-state index is -4.11. The van der Waals surface area contributed by atoms with E-state index in [1.54, 1.807) is 24.3 Å². The lowest BCUT2D eigenvalue weighted by Gasteiger charge is -2.24. The lowest BCUT2D eigenvalue weighted by Crippen LogP contribution is -2.52. The number of amides is 1. The summed E-state index contributed by atoms with van der Waals surface area (Å²) in [5, 5.41) is 18.8. The van der Waals surface area contributed by atoms with Gasteiger partial charge in [-0.25, -0.2) is 23.0 Å². The molecular formula is C29H32N4O7S. The van der Waals surface area contributed by atoms with Crippen LogP contribution in [0.25, 0.3) is 11.6 Å². The Hall–Kier alpha value is -4.45. The number of benzene rings is 2. The zero-order valence-electron chi connectivity index (χ0n) is 22.8. The smallest absolute Gasteiger partial charge is 0.338 e. The van der Waals surface area contributed by atoms with E-state index in [0.29, 0.717) is 10.5 Å². The number of guanidine groups is 1. The van der Waals surface area contributed by atoms with Crippen LogP contribution >= 0.6 is 0 Å². The second-order valence-electron chi connectivity index (χ2n) is 9.74. The third-order valence-corrected chi connectivity index (χ3v) is 8.79. The quantitative estimate of drug-likeness (QED) is 0.266. The van der Waals surface area contributed by atoms with E-state index in [0.717, 1.165) is 44.5 Å². The largest absolute Gasteiger partial charge is 0.479 e. The molecule has 1 amide bonds. The van der Waals surface area contributed by atoms with Gasteiger partial charge in [0.25, 0.3) is 5.91 Å². The van der Waals surface area contributed by atoms with Crippen LogP contribution in [-0.4, -0.2) is 66.5 Å². The molecule has 2 aromatic carbocycles. The molecule has 41 heavy (non-hydrogen) atoms. The maximum absolute atomic E-state index is 13.7. The zero-order valence-corrected chi connectivity index (χ0v) is 23.6. The molecule has 0 aliphatic carbocycles. The number of carbonyl (C=O) groups is 3. The summed E-state index contributed by atoms with van der Waals surface area (Å²) in [6.07, 6.45) is 5.64. The summed E-state index contributed by atoms with van der Waals surface area (Å²) < 4.78 is 27.4. The molecule has 2 aromatic rings. The zero-order chi connectivity index (χ0) is 29.9. The Morgan fingerprint density at radius 1 is 1.00 bits per heavy atom. The number of carboxylic acid groups (broad SMARTS) is 2. The molecule has 2 heterocycles. The second kappa shape index (κ2) is 12.0. The lowest BCUT2D eigenvalue weighted by molar-refractivity contribution is -0.157. The molecular weight excluding hydrogens is 548 g/mol. The summed E-state index contributed by atoms with van der Waals surface area (Å²) >= 11 is 0. The van der Waals surface area contributed by atoms with Crippen molar-refractivity contribution in [2.24, 2.45) is 10.7 Å². The minimum Gasteiger partial charge on any atom is -0.479 e. The molecule has 0 radical (unpaired) electrons. The van der Waals surface area contributed by atoms with Crippen molar-refractivity contribution in [3.8, 4) is 0 Å². The Balaban J connectivity index is 1.83. The van der Waals surface area contributed by atoms with Crippen LogP contribution in [0.3, 0.4) is 0 Å². The normalized spacial score (nSPS) is 18.6. The third kappa shape index (κ3) is 5.60. The molecule has 2 aliphatic rings. The molecule has 11 nitrogen and oxygen atoms in total. The topological polar surface area (TPSA) is 171 Å². The van der Waals surface area contributed by atoms with Gasteiger partial charge in [-0.15, -0.1) is 0 Å². The Bertz CT molecular complexity index is 1550. The van der Waals surface area contributed by atoms with Crippen LogP contribution in [0.2, 0.25) is 0 Å². The molecule has 216 valence electrons. The number of hydrogen-bond acceptors (Lipinski definition) is 8. The fourth-order valence-electron chi connectivity index (χ4n) is 4.86. The molecule has 4 N–H and O–H groups in total. The fraction of sp³-hybridized carbons (Fsp3) is 0.310. The fourth-order valence-corrected chi connectivity index (χ4v) is 6.58. The van der Waals surface area contributed by atoms with Gasteiger partial charge in [0.15, 0.2) is 0 Å². The van der Waals surface area contributed by atoms with Crippen molar-refractivity contribution in [3.63, 3.8) is 0 Å². The van der Waals surface area contributed by atoms with Crippen molar-refractivity contribution in [2.75, 3.05) is 18.0 Å². The summed E-state index contributed by atoms with van der Waals surface area (Å²) in [6.45, 7) is 6.08. The highest BCUT2D eigenvalue weighted by Gasteiger charge is 2.47. The monoisotopic (exact) mass is 580 g/mol. The van der Waals surface area contributed by atoms with Crippen molar-refractivity contribution in [3.05, 3.63) is 70.3 Å². The summed E-state index contributed by atoms with van der Waals surface area (Å²) in [5.41, 5.74) is 7.06. The van der Waals surface area contributed by atoms with Gasteiger partial charge >= 0.3 is 11.9 Å². The number of hydrogen-bond donors (Lipinski definition) is 3. The van der Waals surface area contributed by atoms with E-state index in [4.69, 9.17) is 5.73 Å². The standard InChI is InChI=1S/C29H32N4O7S/c1-3-5-15-32(16-6-4-2)19-13-11-18(12-14-19)17-22-23(20-9-7-8-10-21(20)41(22,39)40)24-26(34)33(29(30)31-24)25(27(35)36)28(37)38/h7-14,17,25H,3-6,15-16H2,1-2H3,(H2,30,31)(H,35,36)(H,37,38)/b22-17?,24-23-. The van der Waals surface area contributed by atoms with Gasteiger partial charge in [0.2, 0.25) is 21.8 Å². The highest BCUT2D eigenvalue weighted by molar-refractivity contribution is 7.96. The van der Waals surface area contributed by atoms with Crippen LogP contribution < -0.4 is 10.6 Å². The summed E-state index contributed by atoms with van der Waals surface area (Å²) in [4.78, 5) is 43.0. The van der Waals surface area contributed by atoms with Gasteiger partial charge in [0, 0.05) is 29.9 Å². The van der Waals surface area contributed by atoms with E-state index in [2.05, 4.69) is 23.7 Å². The lowest BCUT2D eigenvalue weighted by atomic mass is 10.0. The number of unbranched alkanes of at least 4 members (excludes halogenated alkanes) is 2. The van der Waals surface area contributed by atoms with Gasteiger partial charge < -0.3 is 20.8 Å². The van der Waals surface area contributed by atoms with E-state index < -0.39 is 45.4 Å². The first kappa shape index (κ1) is 29.5. The number of sulfone groups is 1. The Morgan fingerprint density at radius 3 is 2.15 bits per heavy atom. The molecule has 0 unspecified atom stereocenters. The Kier molecular flexibility index (Phi) is 8.62. The first-order chi connectivity index (χ1) is 19.5. The van der Waals surface area contributed by atoms with Gasteiger partial charge in [0.05, 0.1) is 9.80 Å². The first-order valence-corrected chi connectivity index (χ1v) is 14.8. The number of allylic oxidation sites excluding steroid dienone is 1. The van der Waals surface area contributed by atoms with Crippen molar-refractivity contribution in [1.29, 1.82) is 0 Å². The molecule has 12 heteroatoms. The second-order valence-corrected chi connectivity index (χ2v) is 11.6. The predicted molar refractivity (Wildman–Crippen MR) is 155 cm³/mol. The number of anilines is 1.